The summed E-state index contributed by atoms with van der Waals surface area (Å²) in [6, 6.07) is 6.03. The molecule has 1 saturated heterocycles. The molecule has 0 aromatic heterocycles. The minimum absolute atomic E-state index is 0.0154. The molecule has 0 aliphatic carbocycles. The summed E-state index contributed by atoms with van der Waals surface area (Å²) in [7, 11) is 0. The number of nitrogens with one attached hydrogen (secondary N) is 2. The Morgan fingerprint density at radius 3 is 2.48 bits per heavy atom. The number of quaternary nitrogens is 1. The van der Waals surface area contributed by atoms with Crippen molar-refractivity contribution in [1.82, 2.24) is 5.32 Å². The van der Waals surface area contributed by atoms with Gasteiger partial charge >= 0.3 is 0 Å². The highest BCUT2D eigenvalue weighted by atomic mass is 16.2. The molecule has 1 aromatic rings. The van der Waals surface area contributed by atoms with Gasteiger partial charge < -0.3 is 15.1 Å². The predicted octanol–water partition coefficient (Wildman–Crippen LogP) is 2.62. The number of anilines is 1. The van der Waals surface area contributed by atoms with E-state index in [0.717, 1.165) is 49.3 Å². The number of amides is 2. The van der Waals surface area contributed by atoms with Gasteiger partial charge in [0.1, 0.15) is 0 Å². The Hall–Kier alpha value is -1.88. The molecule has 2 rings (SSSR count). The van der Waals surface area contributed by atoms with Gasteiger partial charge in [0.05, 0.1) is 25.6 Å². The average molecular weight is 346 g/mol. The monoisotopic (exact) mass is 346 g/mol. The summed E-state index contributed by atoms with van der Waals surface area (Å²) in [6.07, 6.45) is 1.91. The van der Waals surface area contributed by atoms with Crippen molar-refractivity contribution < 1.29 is 14.1 Å². The first-order valence-electron chi connectivity index (χ1n) is 9.39. The third-order valence-corrected chi connectivity index (χ3v) is 5.41. The molecule has 1 aromatic carbocycles. The molecular weight excluding hydrogens is 314 g/mol. The van der Waals surface area contributed by atoms with Crippen molar-refractivity contribution in [3.05, 3.63) is 29.3 Å². The molecule has 5 heteroatoms. The number of aryl methyl sites for hydroxylation is 2. The van der Waals surface area contributed by atoms with E-state index in [2.05, 4.69) is 17.6 Å². The fraction of sp³-hybridized carbons (Fsp3) is 0.600. The molecule has 1 aliphatic heterocycles. The molecule has 2 atom stereocenters. The van der Waals surface area contributed by atoms with Gasteiger partial charge in [-0.05, 0) is 51.7 Å². The molecule has 1 aliphatic rings. The lowest BCUT2D eigenvalue weighted by molar-refractivity contribution is -0.925. The zero-order valence-electron chi connectivity index (χ0n) is 16.0. The molecule has 0 saturated carbocycles. The third kappa shape index (κ3) is 4.82. The van der Waals surface area contributed by atoms with Crippen LogP contribution in [-0.4, -0.2) is 49.0 Å². The standard InChI is InChI=1S/C20H31N3O2/c1-5-21-20(25)17-11-8-12-23(6-2,13-17)14-18(24)22-19-15(3)9-7-10-16(19)4/h7,9-10,17H,5-6,8,11-14H2,1-4H3,(H-,21,22,24,25)/p+1. The van der Waals surface area contributed by atoms with Gasteiger partial charge in [-0.15, -0.1) is 0 Å². The molecule has 2 amide bonds. The van der Waals surface area contributed by atoms with E-state index in [4.69, 9.17) is 0 Å². The highest BCUT2D eigenvalue weighted by molar-refractivity contribution is 5.93. The van der Waals surface area contributed by atoms with Crippen molar-refractivity contribution in [2.24, 2.45) is 5.92 Å². The van der Waals surface area contributed by atoms with E-state index in [1.807, 2.05) is 39.0 Å². The van der Waals surface area contributed by atoms with Gasteiger partial charge in [0.25, 0.3) is 5.91 Å². The molecule has 2 unspecified atom stereocenters. The van der Waals surface area contributed by atoms with Crippen LogP contribution in [0.3, 0.4) is 0 Å². The molecule has 0 bridgehead atoms. The fourth-order valence-corrected chi connectivity index (χ4v) is 3.89. The van der Waals surface area contributed by atoms with Crippen LogP contribution in [0.5, 0.6) is 0 Å². The maximum absolute atomic E-state index is 12.7. The predicted molar refractivity (Wildman–Crippen MR) is 101 cm³/mol. The van der Waals surface area contributed by atoms with Crippen LogP contribution in [0.1, 0.15) is 37.8 Å². The van der Waals surface area contributed by atoms with Gasteiger partial charge in [0.15, 0.2) is 6.54 Å². The summed E-state index contributed by atoms with van der Waals surface area (Å²) in [6.45, 7) is 11.8. The third-order valence-electron chi connectivity index (χ3n) is 5.41. The summed E-state index contributed by atoms with van der Waals surface area (Å²) < 4.78 is 0.693. The second kappa shape index (κ2) is 8.48. The quantitative estimate of drug-likeness (QED) is 0.778. The average Bonchev–Trinajstić information content (AvgIpc) is 2.58. The lowest BCUT2D eigenvalue weighted by Crippen LogP contribution is -2.59. The lowest BCUT2D eigenvalue weighted by Gasteiger charge is -2.42. The number of para-hydroxylation sites is 1. The van der Waals surface area contributed by atoms with Crippen molar-refractivity contribution in [1.29, 1.82) is 0 Å². The SMILES string of the molecule is CCNC(=O)C1CCC[N+](CC)(CC(=O)Nc2c(C)cccc2C)C1. The minimum Gasteiger partial charge on any atom is -0.356 e. The first-order valence-corrected chi connectivity index (χ1v) is 9.39. The molecular formula is C20H32N3O2+. The molecule has 2 N–H and O–H groups in total. The molecule has 1 fully saturated rings. The number of piperidine rings is 1. The lowest BCUT2D eigenvalue weighted by atomic mass is 9.94. The minimum atomic E-state index is 0.0154. The zero-order chi connectivity index (χ0) is 18.4. The zero-order valence-corrected chi connectivity index (χ0v) is 16.0. The summed E-state index contributed by atoms with van der Waals surface area (Å²) in [5.74, 6) is 0.186. The van der Waals surface area contributed by atoms with E-state index < -0.39 is 0 Å². The molecule has 0 spiro atoms. The van der Waals surface area contributed by atoms with Gasteiger partial charge in [0.2, 0.25) is 5.91 Å². The van der Waals surface area contributed by atoms with Crippen molar-refractivity contribution in [3.63, 3.8) is 0 Å². The first kappa shape index (κ1) is 19.4. The normalized spacial score (nSPS) is 23.1. The Balaban J connectivity index is 2.07. The van der Waals surface area contributed by atoms with E-state index in [1.165, 1.54) is 0 Å². The van der Waals surface area contributed by atoms with Gasteiger partial charge in [0, 0.05) is 12.2 Å². The Kier molecular flexibility index (Phi) is 6.59. The number of carbonyl (C=O) groups excluding carboxylic acids is 2. The maximum Gasteiger partial charge on any atom is 0.279 e. The van der Waals surface area contributed by atoms with Crippen LogP contribution in [0, 0.1) is 19.8 Å². The molecule has 0 radical (unpaired) electrons. The molecule has 5 nitrogen and oxygen atoms in total. The number of rotatable bonds is 6. The van der Waals surface area contributed by atoms with E-state index in [-0.39, 0.29) is 17.7 Å². The Morgan fingerprint density at radius 1 is 1.20 bits per heavy atom. The second-order valence-electron chi connectivity index (χ2n) is 7.27. The van der Waals surface area contributed by atoms with Gasteiger partial charge in [-0.1, -0.05) is 18.2 Å². The number of likely N-dealkylation sites (tertiary alicyclic amines) is 1. The van der Waals surface area contributed by atoms with Gasteiger partial charge in [-0.3, -0.25) is 9.59 Å². The summed E-state index contributed by atoms with van der Waals surface area (Å²) in [5.41, 5.74) is 3.07. The number of hydrogen-bond donors (Lipinski definition) is 2. The second-order valence-corrected chi connectivity index (χ2v) is 7.27. The highest BCUT2D eigenvalue weighted by Gasteiger charge is 2.38. The number of hydrogen-bond acceptors (Lipinski definition) is 2. The van der Waals surface area contributed by atoms with Crippen LogP contribution in [0.15, 0.2) is 18.2 Å². The van der Waals surface area contributed by atoms with Crippen LogP contribution in [-0.2, 0) is 9.59 Å². The smallest absolute Gasteiger partial charge is 0.279 e. The summed E-state index contributed by atoms with van der Waals surface area (Å²) in [5, 5.41) is 6.03. The van der Waals surface area contributed by atoms with Crippen LogP contribution in [0.2, 0.25) is 0 Å². The van der Waals surface area contributed by atoms with Crippen LogP contribution in [0.4, 0.5) is 5.69 Å². The number of carbonyl (C=O) groups is 2. The van der Waals surface area contributed by atoms with Crippen LogP contribution < -0.4 is 10.6 Å². The van der Waals surface area contributed by atoms with E-state index in [1.54, 1.807) is 0 Å². The Bertz CT molecular complexity index is 609. The summed E-state index contributed by atoms with van der Waals surface area (Å²) in [4.78, 5) is 25.0. The van der Waals surface area contributed by atoms with Gasteiger partial charge in [-0.2, -0.15) is 0 Å². The molecule has 138 valence electrons. The molecule has 1 heterocycles. The highest BCUT2D eigenvalue weighted by Crippen LogP contribution is 2.25. The van der Waals surface area contributed by atoms with Crippen molar-refractivity contribution in [3.8, 4) is 0 Å². The number of benzene rings is 1. The van der Waals surface area contributed by atoms with Crippen molar-refractivity contribution in [2.45, 2.75) is 40.5 Å². The molecule has 25 heavy (non-hydrogen) atoms. The van der Waals surface area contributed by atoms with Crippen LogP contribution in [0.25, 0.3) is 0 Å². The Labute approximate surface area is 151 Å². The fourth-order valence-electron chi connectivity index (χ4n) is 3.89. The van der Waals surface area contributed by atoms with E-state index in [9.17, 15) is 9.59 Å². The number of likely N-dealkylation sites (N-methyl/N-ethyl adjacent to an activating group) is 1. The Morgan fingerprint density at radius 2 is 1.88 bits per heavy atom. The van der Waals surface area contributed by atoms with E-state index in [0.29, 0.717) is 17.6 Å². The first-order chi connectivity index (χ1) is 11.9. The number of nitrogens with zero attached hydrogens (tertiary/aromatic N) is 1. The maximum atomic E-state index is 12.7. The summed E-state index contributed by atoms with van der Waals surface area (Å²) >= 11 is 0. The largest absolute Gasteiger partial charge is 0.356 e. The van der Waals surface area contributed by atoms with E-state index >= 15 is 0 Å². The van der Waals surface area contributed by atoms with Crippen molar-refractivity contribution >= 4 is 17.5 Å². The topological polar surface area (TPSA) is 58.2 Å². The van der Waals surface area contributed by atoms with Crippen molar-refractivity contribution in [2.75, 3.05) is 38.0 Å². The van der Waals surface area contributed by atoms with Crippen LogP contribution >= 0.6 is 0 Å². The van der Waals surface area contributed by atoms with Gasteiger partial charge in [-0.25, -0.2) is 0 Å².